The number of carbonyl (C=O) groups excluding carboxylic acids is 1. The number of rotatable bonds is 5. The minimum absolute atomic E-state index is 0.0796. The topological polar surface area (TPSA) is 55.1 Å². The van der Waals surface area contributed by atoms with Crippen LogP contribution < -0.4 is 5.32 Å². The highest BCUT2D eigenvalue weighted by Crippen LogP contribution is 2.16. The van der Waals surface area contributed by atoms with E-state index in [-0.39, 0.29) is 5.91 Å². The second-order valence-corrected chi connectivity index (χ2v) is 5.26. The Hall–Kier alpha value is -2.62. The molecule has 0 spiro atoms. The average molecular weight is 294 g/mol. The maximum Gasteiger partial charge on any atom is 0.251 e. The average Bonchev–Trinajstić information content (AvgIpc) is 2.91. The third kappa shape index (κ3) is 3.34. The summed E-state index contributed by atoms with van der Waals surface area (Å²) in [5.74, 6) is 0.527. The zero-order valence-corrected chi connectivity index (χ0v) is 12.5. The van der Waals surface area contributed by atoms with Crippen LogP contribution in [0.5, 0.6) is 0 Å². The van der Waals surface area contributed by atoms with Crippen molar-refractivity contribution in [3.8, 4) is 0 Å². The lowest BCUT2D eigenvalue weighted by Gasteiger charge is -2.05. The molecular weight excluding hydrogens is 276 g/mol. The molecule has 22 heavy (non-hydrogen) atoms. The van der Waals surface area contributed by atoms with Crippen LogP contribution in [0.4, 0.5) is 0 Å². The molecule has 4 heteroatoms. The molecule has 0 atom stereocenters. The van der Waals surface area contributed by atoms with Crippen LogP contribution in [0.15, 0.2) is 52.9 Å². The summed E-state index contributed by atoms with van der Waals surface area (Å²) in [5, 5.41) is 2.94. The van der Waals surface area contributed by atoms with Crippen molar-refractivity contribution in [2.24, 2.45) is 0 Å². The quantitative estimate of drug-likeness (QED) is 0.733. The van der Waals surface area contributed by atoms with Gasteiger partial charge in [0.1, 0.15) is 5.52 Å². The summed E-state index contributed by atoms with van der Waals surface area (Å²) in [5.41, 5.74) is 3.31. The monoisotopic (exact) mass is 294 g/mol. The molecule has 3 rings (SSSR count). The first kappa shape index (κ1) is 14.3. The van der Waals surface area contributed by atoms with E-state index in [2.05, 4.69) is 22.4 Å². The number of benzene rings is 2. The van der Waals surface area contributed by atoms with Crippen molar-refractivity contribution in [3.63, 3.8) is 0 Å². The van der Waals surface area contributed by atoms with Crippen LogP contribution in [0, 0.1) is 6.92 Å². The zero-order chi connectivity index (χ0) is 15.4. The highest BCUT2D eigenvalue weighted by Gasteiger charge is 2.08. The largest absolute Gasteiger partial charge is 0.441 e. The Kier molecular flexibility index (Phi) is 4.19. The number of aromatic nitrogens is 1. The van der Waals surface area contributed by atoms with E-state index in [1.807, 2.05) is 24.3 Å². The summed E-state index contributed by atoms with van der Waals surface area (Å²) in [6.07, 6.45) is 1.88. The Labute approximate surface area is 129 Å². The smallest absolute Gasteiger partial charge is 0.251 e. The Morgan fingerprint density at radius 3 is 2.82 bits per heavy atom. The standard InChI is InChI=1S/C18H18N2O2/c1-13-20-16-10-9-15(12-17(16)22-13)18(21)19-11-5-8-14-6-3-2-4-7-14/h2-4,6-7,9-10,12H,5,8,11H2,1H3,(H,19,21). The minimum Gasteiger partial charge on any atom is -0.441 e. The van der Waals surface area contributed by atoms with Gasteiger partial charge in [0.25, 0.3) is 5.91 Å². The van der Waals surface area contributed by atoms with Crippen LogP contribution in [0.1, 0.15) is 28.2 Å². The number of nitrogens with one attached hydrogen (secondary N) is 1. The van der Waals surface area contributed by atoms with Crippen molar-refractivity contribution in [1.29, 1.82) is 0 Å². The van der Waals surface area contributed by atoms with E-state index in [4.69, 9.17) is 4.42 Å². The Morgan fingerprint density at radius 2 is 2.00 bits per heavy atom. The van der Waals surface area contributed by atoms with Crippen molar-refractivity contribution >= 4 is 17.0 Å². The van der Waals surface area contributed by atoms with Crippen molar-refractivity contribution in [3.05, 3.63) is 65.5 Å². The van der Waals surface area contributed by atoms with Crippen molar-refractivity contribution < 1.29 is 9.21 Å². The number of amides is 1. The van der Waals surface area contributed by atoms with Crippen LogP contribution in [0.25, 0.3) is 11.1 Å². The fourth-order valence-electron chi connectivity index (χ4n) is 2.42. The summed E-state index contributed by atoms with van der Waals surface area (Å²) >= 11 is 0. The number of carbonyl (C=O) groups is 1. The van der Waals surface area contributed by atoms with Gasteiger partial charge in [0, 0.05) is 19.0 Å². The van der Waals surface area contributed by atoms with E-state index < -0.39 is 0 Å². The van der Waals surface area contributed by atoms with Gasteiger partial charge in [0.05, 0.1) is 0 Å². The molecule has 1 N–H and O–H groups in total. The number of hydrogen-bond donors (Lipinski definition) is 1. The van der Waals surface area contributed by atoms with Crippen molar-refractivity contribution in [2.75, 3.05) is 6.54 Å². The number of fused-ring (bicyclic) bond motifs is 1. The van der Waals surface area contributed by atoms with E-state index in [9.17, 15) is 4.79 Å². The van der Waals surface area contributed by atoms with E-state index in [1.54, 1.807) is 19.1 Å². The molecular formula is C18H18N2O2. The normalized spacial score (nSPS) is 10.8. The number of nitrogens with zero attached hydrogens (tertiary/aromatic N) is 1. The first-order valence-corrected chi connectivity index (χ1v) is 7.42. The van der Waals surface area contributed by atoms with Crippen LogP contribution in [-0.4, -0.2) is 17.4 Å². The van der Waals surface area contributed by atoms with Gasteiger partial charge in [0.15, 0.2) is 11.5 Å². The summed E-state index contributed by atoms with van der Waals surface area (Å²) < 4.78 is 5.45. The molecule has 0 aliphatic rings. The molecule has 0 saturated carbocycles. The fourth-order valence-corrected chi connectivity index (χ4v) is 2.42. The molecule has 0 fully saturated rings. The van der Waals surface area contributed by atoms with E-state index >= 15 is 0 Å². The van der Waals surface area contributed by atoms with Gasteiger partial charge in [-0.05, 0) is 36.6 Å². The fraction of sp³-hybridized carbons (Fsp3) is 0.222. The lowest BCUT2D eigenvalue weighted by atomic mass is 10.1. The summed E-state index contributed by atoms with van der Waals surface area (Å²) in [6.45, 7) is 2.45. The Morgan fingerprint density at radius 1 is 1.18 bits per heavy atom. The lowest BCUT2D eigenvalue weighted by molar-refractivity contribution is 0.0953. The van der Waals surface area contributed by atoms with Crippen LogP contribution in [0.2, 0.25) is 0 Å². The SMILES string of the molecule is Cc1nc2ccc(C(=O)NCCCc3ccccc3)cc2o1. The summed E-state index contributed by atoms with van der Waals surface area (Å²) in [4.78, 5) is 16.4. The maximum absolute atomic E-state index is 12.1. The van der Waals surface area contributed by atoms with Gasteiger partial charge in [-0.3, -0.25) is 4.79 Å². The van der Waals surface area contributed by atoms with Crippen LogP contribution >= 0.6 is 0 Å². The first-order chi connectivity index (χ1) is 10.7. The second kappa shape index (κ2) is 6.43. The molecule has 1 aromatic heterocycles. The van der Waals surface area contributed by atoms with E-state index in [1.165, 1.54) is 5.56 Å². The first-order valence-electron chi connectivity index (χ1n) is 7.42. The van der Waals surface area contributed by atoms with E-state index in [0.717, 1.165) is 18.4 Å². The molecule has 0 aliphatic carbocycles. The lowest BCUT2D eigenvalue weighted by Crippen LogP contribution is -2.24. The van der Waals surface area contributed by atoms with E-state index in [0.29, 0.717) is 23.6 Å². The maximum atomic E-state index is 12.1. The number of hydrogen-bond acceptors (Lipinski definition) is 3. The third-order valence-corrected chi connectivity index (χ3v) is 3.53. The van der Waals surface area contributed by atoms with Gasteiger partial charge in [-0.15, -0.1) is 0 Å². The van der Waals surface area contributed by atoms with Gasteiger partial charge in [-0.2, -0.15) is 0 Å². The molecule has 3 aromatic rings. The Balaban J connectivity index is 1.54. The number of oxazole rings is 1. The molecule has 0 aliphatic heterocycles. The molecule has 1 heterocycles. The third-order valence-electron chi connectivity index (χ3n) is 3.53. The molecule has 112 valence electrons. The van der Waals surface area contributed by atoms with Gasteiger partial charge in [0.2, 0.25) is 0 Å². The van der Waals surface area contributed by atoms with Gasteiger partial charge >= 0.3 is 0 Å². The van der Waals surface area contributed by atoms with Crippen molar-refractivity contribution in [1.82, 2.24) is 10.3 Å². The molecule has 0 unspecified atom stereocenters. The molecule has 0 radical (unpaired) electrons. The Bertz CT molecular complexity index is 778. The molecule has 0 bridgehead atoms. The minimum atomic E-state index is -0.0796. The van der Waals surface area contributed by atoms with Crippen molar-refractivity contribution in [2.45, 2.75) is 19.8 Å². The highest BCUT2D eigenvalue weighted by molar-refractivity contribution is 5.96. The van der Waals surface area contributed by atoms with Gasteiger partial charge < -0.3 is 9.73 Å². The summed E-state index contributed by atoms with van der Waals surface area (Å²) in [7, 11) is 0. The van der Waals surface area contributed by atoms with Crippen LogP contribution in [-0.2, 0) is 6.42 Å². The second-order valence-electron chi connectivity index (χ2n) is 5.26. The predicted molar refractivity (Wildman–Crippen MR) is 85.8 cm³/mol. The van der Waals surface area contributed by atoms with Gasteiger partial charge in [-0.1, -0.05) is 30.3 Å². The predicted octanol–water partition coefficient (Wildman–Crippen LogP) is 3.50. The highest BCUT2D eigenvalue weighted by atomic mass is 16.3. The zero-order valence-electron chi connectivity index (χ0n) is 12.5. The molecule has 0 saturated heterocycles. The summed E-state index contributed by atoms with van der Waals surface area (Å²) in [6, 6.07) is 15.6. The number of aryl methyl sites for hydroxylation is 2. The van der Waals surface area contributed by atoms with Crippen LogP contribution in [0.3, 0.4) is 0 Å². The molecule has 4 nitrogen and oxygen atoms in total. The molecule has 1 amide bonds. The van der Waals surface area contributed by atoms with Gasteiger partial charge in [-0.25, -0.2) is 4.98 Å². The molecule has 2 aromatic carbocycles.